The van der Waals surface area contributed by atoms with Crippen LogP contribution in [-0.2, 0) is 4.79 Å². The number of hydrogen-bond donors (Lipinski definition) is 2. The monoisotopic (exact) mass is 260 g/mol. The smallest absolute Gasteiger partial charge is 0.275 e. The number of hydrogen-bond acceptors (Lipinski definition) is 3. The Bertz CT molecular complexity index is 412. The van der Waals surface area contributed by atoms with Gasteiger partial charge >= 0.3 is 0 Å². The van der Waals surface area contributed by atoms with Gasteiger partial charge in [0.2, 0.25) is 0 Å². The highest BCUT2D eigenvalue weighted by molar-refractivity contribution is 6.32. The van der Waals surface area contributed by atoms with Gasteiger partial charge in [-0.2, -0.15) is 0 Å². The second kappa shape index (κ2) is 5.84. The number of carbonyl (C=O) groups excluding carboxylic acids is 1. The first kappa shape index (κ1) is 13.7. The lowest BCUT2D eigenvalue weighted by Crippen LogP contribution is -2.44. The van der Waals surface area contributed by atoms with Crippen LogP contribution < -0.4 is 16.0 Å². The zero-order valence-corrected chi connectivity index (χ0v) is 10.3. The average molecular weight is 261 g/mol. The Morgan fingerprint density at radius 1 is 1.53 bits per heavy atom. The van der Waals surface area contributed by atoms with Crippen LogP contribution >= 0.6 is 11.6 Å². The molecule has 0 radical (unpaired) electrons. The van der Waals surface area contributed by atoms with Crippen LogP contribution in [-0.4, -0.2) is 12.0 Å². The van der Waals surface area contributed by atoms with E-state index in [-0.39, 0.29) is 16.7 Å². The van der Waals surface area contributed by atoms with Gasteiger partial charge in [0.05, 0.1) is 5.02 Å². The molecule has 1 aromatic rings. The molecular weight excluding hydrogens is 247 g/mol. The van der Waals surface area contributed by atoms with Crippen LogP contribution in [0.2, 0.25) is 5.02 Å². The van der Waals surface area contributed by atoms with E-state index in [0.29, 0.717) is 0 Å². The molecule has 6 heteroatoms. The zero-order valence-electron chi connectivity index (χ0n) is 9.54. The number of hydrazine groups is 1. The van der Waals surface area contributed by atoms with Gasteiger partial charge in [0.25, 0.3) is 5.91 Å². The summed E-state index contributed by atoms with van der Waals surface area (Å²) in [5.41, 5.74) is 2.02. The predicted octanol–water partition coefficient (Wildman–Crippen LogP) is 1.87. The molecule has 1 rings (SSSR count). The molecular formula is C11H14ClFN2O2. The summed E-state index contributed by atoms with van der Waals surface area (Å²) in [4.78, 5) is 11.5. The van der Waals surface area contributed by atoms with E-state index in [1.807, 2.05) is 5.43 Å². The topological polar surface area (TPSA) is 64.3 Å². The fourth-order valence-electron chi connectivity index (χ4n) is 1.28. The molecule has 0 fully saturated rings. The second-order valence-electron chi connectivity index (χ2n) is 3.87. The first-order valence-corrected chi connectivity index (χ1v) is 5.45. The van der Waals surface area contributed by atoms with Crippen LogP contribution in [0.3, 0.4) is 0 Å². The van der Waals surface area contributed by atoms with Gasteiger partial charge in [-0.25, -0.2) is 10.2 Å². The van der Waals surface area contributed by atoms with Crippen molar-refractivity contribution in [3.63, 3.8) is 0 Å². The van der Waals surface area contributed by atoms with Gasteiger partial charge in [0.15, 0.2) is 6.10 Å². The molecule has 1 unspecified atom stereocenters. The third-order valence-corrected chi connectivity index (χ3v) is 2.45. The van der Waals surface area contributed by atoms with Crippen molar-refractivity contribution in [1.29, 1.82) is 0 Å². The summed E-state index contributed by atoms with van der Waals surface area (Å²) in [5, 5.41) is 0.112. The molecule has 4 nitrogen and oxygen atoms in total. The van der Waals surface area contributed by atoms with Crippen molar-refractivity contribution in [1.82, 2.24) is 5.43 Å². The minimum atomic E-state index is -0.775. The molecule has 0 heterocycles. The lowest BCUT2D eigenvalue weighted by atomic mass is 10.1. The maximum atomic E-state index is 12.8. The largest absolute Gasteiger partial charge is 0.479 e. The summed E-state index contributed by atoms with van der Waals surface area (Å²) in [5.74, 6) is 4.28. The van der Waals surface area contributed by atoms with Crippen molar-refractivity contribution in [3.8, 4) is 5.75 Å². The molecule has 0 aliphatic carbocycles. The Morgan fingerprint density at radius 2 is 2.18 bits per heavy atom. The molecule has 0 aromatic heterocycles. The number of nitrogens with two attached hydrogens (primary N) is 1. The van der Waals surface area contributed by atoms with Gasteiger partial charge in [-0.15, -0.1) is 0 Å². The van der Waals surface area contributed by atoms with Gasteiger partial charge in [-0.1, -0.05) is 25.4 Å². The summed E-state index contributed by atoms with van der Waals surface area (Å²) >= 11 is 5.80. The van der Waals surface area contributed by atoms with Crippen molar-refractivity contribution in [2.24, 2.45) is 11.8 Å². The van der Waals surface area contributed by atoms with Crippen molar-refractivity contribution in [2.75, 3.05) is 0 Å². The Kier molecular flexibility index (Phi) is 4.72. The van der Waals surface area contributed by atoms with E-state index in [1.54, 1.807) is 13.8 Å². The standard InChI is InChI=1S/C11H14ClFN2O2/c1-6(2)10(11(16)15-14)17-9-4-3-7(13)5-8(9)12/h3-6,10H,14H2,1-2H3,(H,15,16). The van der Waals surface area contributed by atoms with E-state index in [4.69, 9.17) is 22.2 Å². The van der Waals surface area contributed by atoms with E-state index < -0.39 is 17.8 Å². The summed E-state index contributed by atoms with van der Waals surface area (Å²) in [7, 11) is 0. The summed E-state index contributed by atoms with van der Waals surface area (Å²) in [6.45, 7) is 3.61. The molecule has 1 aromatic carbocycles. The third kappa shape index (κ3) is 3.57. The molecule has 0 aliphatic heterocycles. The molecule has 0 saturated carbocycles. The summed E-state index contributed by atoms with van der Waals surface area (Å²) in [6.07, 6.45) is -0.775. The Hall–Kier alpha value is -1.33. The lowest BCUT2D eigenvalue weighted by Gasteiger charge is -2.21. The number of nitrogens with one attached hydrogen (secondary N) is 1. The first-order valence-electron chi connectivity index (χ1n) is 5.08. The van der Waals surface area contributed by atoms with E-state index >= 15 is 0 Å². The minimum Gasteiger partial charge on any atom is -0.479 e. The first-order chi connectivity index (χ1) is 7.95. The predicted molar refractivity (Wildman–Crippen MR) is 63.0 cm³/mol. The number of amides is 1. The highest BCUT2D eigenvalue weighted by Gasteiger charge is 2.24. The fraction of sp³-hybridized carbons (Fsp3) is 0.364. The van der Waals surface area contributed by atoms with Crippen LogP contribution in [0.4, 0.5) is 4.39 Å². The second-order valence-corrected chi connectivity index (χ2v) is 4.27. The molecule has 94 valence electrons. The number of halogens is 2. The van der Waals surface area contributed by atoms with Crippen LogP contribution in [0.5, 0.6) is 5.75 Å². The van der Waals surface area contributed by atoms with Gasteiger partial charge in [0, 0.05) is 0 Å². The van der Waals surface area contributed by atoms with Crippen molar-refractivity contribution >= 4 is 17.5 Å². The fourth-order valence-corrected chi connectivity index (χ4v) is 1.49. The molecule has 1 atom stereocenters. The van der Waals surface area contributed by atoms with Crippen LogP contribution in [0.25, 0.3) is 0 Å². The molecule has 3 N–H and O–H groups in total. The van der Waals surface area contributed by atoms with Crippen molar-refractivity contribution < 1.29 is 13.9 Å². The van der Waals surface area contributed by atoms with Gasteiger partial charge in [-0.05, 0) is 24.1 Å². The quantitative estimate of drug-likeness (QED) is 0.494. The van der Waals surface area contributed by atoms with E-state index in [2.05, 4.69) is 0 Å². The Morgan fingerprint density at radius 3 is 2.65 bits per heavy atom. The van der Waals surface area contributed by atoms with E-state index in [9.17, 15) is 9.18 Å². The third-order valence-electron chi connectivity index (χ3n) is 2.15. The highest BCUT2D eigenvalue weighted by Crippen LogP contribution is 2.27. The van der Waals surface area contributed by atoms with Crippen molar-refractivity contribution in [2.45, 2.75) is 20.0 Å². The Balaban J connectivity index is 2.90. The summed E-state index contributed by atoms with van der Waals surface area (Å²) in [6, 6.07) is 3.70. The van der Waals surface area contributed by atoms with Crippen LogP contribution in [0, 0.1) is 11.7 Å². The van der Waals surface area contributed by atoms with Crippen LogP contribution in [0.1, 0.15) is 13.8 Å². The lowest BCUT2D eigenvalue weighted by molar-refractivity contribution is -0.129. The summed E-state index contributed by atoms with van der Waals surface area (Å²) < 4.78 is 18.3. The van der Waals surface area contributed by atoms with E-state index in [1.165, 1.54) is 12.1 Å². The number of rotatable bonds is 4. The number of benzene rings is 1. The Labute approximate surface area is 104 Å². The molecule has 0 aliphatic rings. The van der Waals surface area contributed by atoms with Gasteiger partial charge < -0.3 is 4.74 Å². The van der Waals surface area contributed by atoms with Gasteiger partial charge in [-0.3, -0.25) is 10.2 Å². The maximum absolute atomic E-state index is 12.8. The molecule has 0 bridgehead atoms. The average Bonchev–Trinajstić information content (AvgIpc) is 2.26. The zero-order chi connectivity index (χ0) is 13.0. The number of ether oxygens (including phenoxy) is 1. The molecule has 0 spiro atoms. The van der Waals surface area contributed by atoms with Crippen molar-refractivity contribution in [3.05, 3.63) is 29.0 Å². The highest BCUT2D eigenvalue weighted by atomic mass is 35.5. The number of carbonyl (C=O) groups is 1. The normalized spacial score (nSPS) is 12.4. The van der Waals surface area contributed by atoms with E-state index in [0.717, 1.165) is 6.07 Å². The molecule has 0 saturated heterocycles. The minimum absolute atomic E-state index is 0.0975. The SMILES string of the molecule is CC(C)C(Oc1ccc(F)cc1Cl)C(=O)NN. The maximum Gasteiger partial charge on any atom is 0.275 e. The van der Waals surface area contributed by atoms with Gasteiger partial charge in [0.1, 0.15) is 11.6 Å². The van der Waals surface area contributed by atoms with Crippen LogP contribution in [0.15, 0.2) is 18.2 Å². The molecule has 1 amide bonds. The molecule has 17 heavy (non-hydrogen) atoms.